The Hall–Kier alpha value is -2.17. The zero-order chi connectivity index (χ0) is 17.8. The van der Waals surface area contributed by atoms with E-state index in [9.17, 15) is 4.79 Å². The zero-order valence-electron chi connectivity index (χ0n) is 15.4. The highest BCUT2D eigenvalue weighted by Crippen LogP contribution is 2.26. The van der Waals surface area contributed by atoms with Gasteiger partial charge in [-0.05, 0) is 43.4 Å². The van der Waals surface area contributed by atoms with Gasteiger partial charge >= 0.3 is 0 Å². The van der Waals surface area contributed by atoms with Gasteiger partial charge in [-0.2, -0.15) is 0 Å². The van der Waals surface area contributed by atoms with Crippen molar-refractivity contribution in [3.8, 4) is 11.5 Å². The molecule has 2 aromatic rings. The Labute approximate surface area is 149 Å². The third kappa shape index (κ3) is 4.27. The summed E-state index contributed by atoms with van der Waals surface area (Å²) < 4.78 is 5.50. The summed E-state index contributed by atoms with van der Waals surface area (Å²) >= 11 is 0. The third-order valence-corrected chi connectivity index (χ3v) is 4.76. The zero-order valence-corrected chi connectivity index (χ0v) is 15.4. The van der Waals surface area contributed by atoms with E-state index in [0.717, 1.165) is 31.4 Å². The molecule has 1 saturated heterocycles. The molecule has 0 N–H and O–H groups in total. The maximum atomic E-state index is 13.2. The van der Waals surface area contributed by atoms with Crippen molar-refractivity contribution in [2.75, 3.05) is 6.54 Å². The van der Waals surface area contributed by atoms with Crippen LogP contribution < -0.4 is 0 Å². The van der Waals surface area contributed by atoms with E-state index in [0.29, 0.717) is 29.3 Å². The van der Waals surface area contributed by atoms with E-state index in [1.54, 1.807) is 6.92 Å². The van der Waals surface area contributed by atoms with Crippen LogP contribution in [0.2, 0.25) is 0 Å². The van der Waals surface area contributed by atoms with Crippen molar-refractivity contribution in [3.05, 3.63) is 35.7 Å². The summed E-state index contributed by atoms with van der Waals surface area (Å²) in [7, 11) is 0. The van der Waals surface area contributed by atoms with Gasteiger partial charge in [0.2, 0.25) is 11.8 Å². The number of carbonyl (C=O) groups excluding carboxylic acids is 1. The highest BCUT2D eigenvalue weighted by molar-refractivity contribution is 5.95. The van der Waals surface area contributed by atoms with Crippen LogP contribution in [0.3, 0.4) is 0 Å². The van der Waals surface area contributed by atoms with E-state index in [2.05, 4.69) is 28.9 Å². The largest absolute Gasteiger partial charge is 0.421 e. The van der Waals surface area contributed by atoms with Crippen molar-refractivity contribution >= 4 is 5.91 Å². The number of rotatable bonds is 4. The number of aryl methyl sites for hydroxylation is 1. The lowest BCUT2D eigenvalue weighted by Crippen LogP contribution is -2.40. The highest BCUT2D eigenvalue weighted by Gasteiger charge is 2.27. The van der Waals surface area contributed by atoms with Gasteiger partial charge in [-0.1, -0.05) is 32.8 Å². The quantitative estimate of drug-likeness (QED) is 0.823. The molecule has 0 bridgehead atoms. The average Bonchev–Trinajstić information content (AvgIpc) is 2.90. The van der Waals surface area contributed by atoms with Crippen LogP contribution in [0.25, 0.3) is 11.5 Å². The molecule has 0 radical (unpaired) electrons. The molecule has 1 unspecified atom stereocenters. The van der Waals surface area contributed by atoms with Gasteiger partial charge in [0.05, 0.1) is 0 Å². The summed E-state index contributed by atoms with van der Waals surface area (Å²) in [5.74, 6) is 1.69. The Morgan fingerprint density at radius 1 is 1.28 bits per heavy atom. The van der Waals surface area contributed by atoms with Crippen LogP contribution in [0, 0.1) is 12.8 Å². The van der Waals surface area contributed by atoms with Crippen molar-refractivity contribution in [1.29, 1.82) is 0 Å². The molecule has 1 atom stereocenters. The van der Waals surface area contributed by atoms with Gasteiger partial charge in [-0.25, -0.2) is 0 Å². The monoisotopic (exact) mass is 341 g/mol. The predicted molar refractivity (Wildman–Crippen MR) is 97.2 cm³/mol. The fraction of sp³-hybridized carbons (Fsp3) is 0.550. The fourth-order valence-corrected chi connectivity index (χ4v) is 3.60. The van der Waals surface area contributed by atoms with Crippen molar-refractivity contribution in [2.45, 2.75) is 58.9 Å². The molecule has 1 aromatic heterocycles. The number of likely N-dealkylation sites (tertiary alicyclic amines) is 1. The first-order valence-electron chi connectivity index (χ1n) is 9.26. The molecule has 1 aliphatic heterocycles. The van der Waals surface area contributed by atoms with Crippen LogP contribution in [-0.2, 0) is 0 Å². The number of carbonyl (C=O) groups is 1. The van der Waals surface area contributed by atoms with Gasteiger partial charge in [-0.15, -0.1) is 10.2 Å². The Balaban J connectivity index is 1.85. The minimum atomic E-state index is 0.116. The number of benzene rings is 1. The second kappa shape index (κ2) is 7.81. The minimum absolute atomic E-state index is 0.116. The van der Waals surface area contributed by atoms with Gasteiger partial charge in [0.1, 0.15) is 0 Å². The van der Waals surface area contributed by atoms with Crippen LogP contribution in [0.15, 0.2) is 28.7 Å². The normalized spacial score (nSPS) is 18.4. The topological polar surface area (TPSA) is 59.2 Å². The summed E-state index contributed by atoms with van der Waals surface area (Å²) in [5.41, 5.74) is 1.49. The highest BCUT2D eigenvalue weighted by atomic mass is 16.4. The van der Waals surface area contributed by atoms with Crippen LogP contribution >= 0.6 is 0 Å². The Kier molecular flexibility index (Phi) is 5.51. The number of hydrogen-bond donors (Lipinski definition) is 0. The first-order chi connectivity index (χ1) is 12.0. The molecule has 0 saturated carbocycles. The second-order valence-corrected chi connectivity index (χ2v) is 7.34. The third-order valence-electron chi connectivity index (χ3n) is 4.76. The van der Waals surface area contributed by atoms with Gasteiger partial charge in [0.25, 0.3) is 5.91 Å². The van der Waals surface area contributed by atoms with Crippen molar-refractivity contribution in [3.63, 3.8) is 0 Å². The molecule has 2 heterocycles. The first kappa shape index (κ1) is 17.6. The first-order valence-corrected chi connectivity index (χ1v) is 9.26. The predicted octanol–water partition coefficient (Wildman–Crippen LogP) is 4.48. The van der Waals surface area contributed by atoms with E-state index in [1.807, 2.05) is 24.3 Å². The molecule has 5 heteroatoms. The molecule has 1 aromatic carbocycles. The van der Waals surface area contributed by atoms with Gasteiger partial charge in [0.15, 0.2) is 0 Å². The molecular formula is C20H27N3O2. The molecule has 3 rings (SSSR count). The smallest absolute Gasteiger partial charge is 0.254 e. The Morgan fingerprint density at radius 3 is 2.84 bits per heavy atom. The molecule has 0 spiro atoms. The fourth-order valence-electron chi connectivity index (χ4n) is 3.60. The summed E-state index contributed by atoms with van der Waals surface area (Å²) in [6.07, 6.45) is 5.67. The van der Waals surface area contributed by atoms with Gasteiger partial charge in [-0.3, -0.25) is 4.79 Å². The van der Waals surface area contributed by atoms with Crippen molar-refractivity contribution in [2.24, 2.45) is 5.92 Å². The van der Waals surface area contributed by atoms with Crippen molar-refractivity contribution < 1.29 is 9.21 Å². The van der Waals surface area contributed by atoms with Gasteiger partial charge < -0.3 is 9.32 Å². The summed E-state index contributed by atoms with van der Waals surface area (Å²) in [6.45, 7) is 7.07. The average molecular weight is 341 g/mol. The van der Waals surface area contributed by atoms with Crippen LogP contribution in [0.1, 0.15) is 62.2 Å². The second-order valence-electron chi connectivity index (χ2n) is 7.34. The molecule has 1 aliphatic rings. The standard InChI is InChI=1S/C20H27N3O2/c1-14(2)12-18-10-5-4-6-11-23(18)20(24)17-9-7-8-16(13-17)19-22-21-15(3)25-19/h7-9,13-14,18H,4-6,10-12H2,1-3H3. The minimum Gasteiger partial charge on any atom is -0.421 e. The number of amides is 1. The number of aromatic nitrogens is 2. The molecule has 25 heavy (non-hydrogen) atoms. The molecular weight excluding hydrogens is 314 g/mol. The van der Waals surface area contributed by atoms with Crippen LogP contribution in [0.5, 0.6) is 0 Å². The van der Waals surface area contributed by atoms with Crippen LogP contribution in [-0.4, -0.2) is 33.6 Å². The van der Waals surface area contributed by atoms with E-state index < -0.39 is 0 Å². The Bertz CT molecular complexity index is 723. The lowest BCUT2D eigenvalue weighted by molar-refractivity contribution is 0.0661. The summed E-state index contributed by atoms with van der Waals surface area (Å²) in [5, 5.41) is 7.93. The molecule has 5 nitrogen and oxygen atoms in total. The lowest BCUT2D eigenvalue weighted by Gasteiger charge is -2.31. The van der Waals surface area contributed by atoms with E-state index >= 15 is 0 Å². The molecule has 134 valence electrons. The molecule has 1 amide bonds. The molecule has 1 fully saturated rings. The van der Waals surface area contributed by atoms with Crippen LogP contribution in [0.4, 0.5) is 0 Å². The lowest BCUT2D eigenvalue weighted by atomic mass is 9.98. The number of nitrogens with zero attached hydrogens (tertiary/aromatic N) is 3. The molecule has 0 aliphatic carbocycles. The summed E-state index contributed by atoms with van der Waals surface area (Å²) in [6, 6.07) is 7.87. The Morgan fingerprint density at radius 2 is 2.12 bits per heavy atom. The summed E-state index contributed by atoms with van der Waals surface area (Å²) in [4.78, 5) is 15.3. The SMILES string of the molecule is Cc1nnc(-c2cccc(C(=O)N3CCCCCC3CC(C)C)c2)o1. The van der Waals surface area contributed by atoms with E-state index in [1.165, 1.54) is 12.8 Å². The van der Waals surface area contributed by atoms with Crippen molar-refractivity contribution in [1.82, 2.24) is 15.1 Å². The maximum absolute atomic E-state index is 13.2. The van der Waals surface area contributed by atoms with E-state index in [-0.39, 0.29) is 5.91 Å². The maximum Gasteiger partial charge on any atom is 0.254 e. The van der Waals surface area contributed by atoms with Gasteiger partial charge in [0, 0.05) is 30.6 Å². The number of hydrogen-bond acceptors (Lipinski definition) is 4. The van der Waals surface area contributed by atoms with E-state index in [4.69, 9.17) is 4.42 Å².